The molecule has 0 amide bonds. The van der Waals surface area contributed by atoms with Crippen LogP contribution in [0.4, 0.5) is 0 Å². The van der Waals surface area contributed by atoms with E-state index in [1.54, 1.807) is 6.07 Å². The third-order valence-electron chi connectivity index (χ3n) is 2.31. The van der Waals surface area contributed by atoms with E-state index in [0.29, 0.717) is 24.2 Å². The fourth-order valence-corrected chi connectivity index (χ4v) is 1.56. The van der Waals surface area contributed by atoms with E-state index in [1.165, 1.54) is 0 Å². The van der Waals surface area contributed by atoms with Crippen LogP contribution in [0.3, 0.4) is 0 Å². The van der Waals surface area contributed by atoms with Gasteiger partial charge in [0.1, 0.15) is 5.76 Å². The summed E-state index contributed by atoms with van der Waals surface area (Å²) in [6.07, 6.45) is 3.25. The highest BCUT2D eigenvalue weighted by Crippen LogP contribution is 2.29. The Morgan fingerprint density at radius 1 is 1.27 bits per heavy atom. The van der Waals surface area contributed by atoms with Crippen LogP contribution < -0.4 is 0 Å². The number of cyclic esters (lactones) is 1. The van der Waals surface area contributed by atoms with E-state index < -0.39 is 0 Å². The summed E-state index contributed by atoms with van der Waals surface area (Å²) in [6, 6.07) is 7.31. The van der Waals surface area contributed by atoms with E-state index in [2.05, 4.69) is 0 Å². The smallest absolute Gasteiger partial charge is 0.344 e. The molecule has 0 saturated heterocycles. The van der Waals surface area contributed by atoms with Gasteiger partial charge < -0.3 is 9.84 Å². The van der Waals surface area contributed by atoms with Gasteiger partial charge in [0, 0.05) is 12.2 Å². The molecule has 0 spiro atoms. The number of rotatable bonds is 3. The molecule has 1 N–H and O–H groups in total. The number of hydrogen-bond acceptors (Lipinski definition) is 3. The van der Waals surface area contributed by atoms with E-state index in [-0.39, 0.29) is 12.6 Å². The van der Waals surface area contributed by atoms with Gasteiger partial charge in [-0.1, -0.05) is 18.2 Å². The quantitative estimate of drug-likeness (QED) is 0.604. The first kappa shape index (κ1) is 9.93. The molecule has 0 saturated carbocycles. The first-order valence-electron chi connectivity index (χ1n) is 4.95. The van der Waals surface area contributed by atoms with Crippen LogP contribution in [0.1, 0.15) is 28.8 Å². The number of hydrogen-bond donors (Lipinski definition) is 1. The molecular weight excluding hydrogens is 192 g/mol. The number of aliphatic hydroxyl groups is 1. The van der Waals surface area contributed by atoms with Crippen LogP contribution in [0.5, 0.6) is 0 Å². The zero-order valence-corrected chi connectivity index (χ0v) is 8.27. The number of fused-ring (bicyclic) bond motifs is 1. The minimum Gasteiger partial charge on any atom is -0.423 e. The number of aliphatic hydroxyl groups excluding tert-OH is 1. The Balaban J connectivity index is 2.24. The third kappa shape index (κ3) is 1.92. The van der Waals surface area contributed by atoms with Crippen LogP contribution in [0.15, 0.2) is 30.3 Å². The maximum Gasteiger partial charge on any atom is 0.344 e. The van der Waals surface area contributed by atoms with Gasteiger partial charge in [-0.2, -0.15) is 0 Å². The normalized spacial score (nSPS) is 16.6. The van der Waals surface area contributed by atoms with Crippen molar-refractivity contribution in [2.24, 2.45) is 0 Å². The predicted molar refractivity (Wildman–Crippen MR) is 56.2 cm³/mol. The molecule has 3 nitrogen and oxygen atoms in total. The van der Waals surface area contributed by atoms with Gasteiger partial charge in [-0.15, -0.1) is 0 Å². The Bertz CT molecular complexity index is 407. The Kier molecular flexibility index (Phi) is 2.83. The second-order valence-corrected chi connectivity index (χ2v) is 3.37. The Labute approximate surface area is 88.0 Å². The van der Waals surface area contributed by atoms with Crippen molar-refractivity contribution in [2.75, 3.05) is 6.61 Å². The largest absolute Gasteiger partial charge is 0.423 e. The molecule has 1 heterocycles. The van der Waals surface area contributed by atoms with Crippen molar-refractivity contribution in [2.45, 2.75) is 12.8 Å². The van der Waals surface area contributed by atoms with Gasteiger partial charge in [0.25, 0.3) is 0 Å². The first-order valence-corrected chi connectivity index (χ1v) is 4.95. The number of carbonyl (C=O) groups is 1. The number of allylic oxidation sites excluding steroid dienone is 1. The summed E-state index contributed by atoms with van der Waals surface area (Å²) < 4.78 is 5.12. The summed E-state index contributed by atoms with van der Waals surface area (Å²) in [5.74, 6) is 0.324. The lowest BCUT2D eigenvalue weighted by Crippen LogP contribution is -1.92. The molecule has 1 aliphatic heterocycles. The molecule has 0 aromatic heterocycles. The summed E-state index contributed by atoms with van der Waals surface area (Å²) in [6.45, 7) is 0.152. The highest BCUT2D eigenvalue weighted by Gasteiger charge is 2.24. The van der Waals surface area contributed by atoms with Gasteiger partial charge >= 0.3 is 5.97 Å². The zero-order valence-electron chi connectivity index (χ0n) is 8.27. The average Bonchev–Trinajstić information content (AvgIpc) is 2.58. The van der Waals surface area contributed by atoms with Gasteiger partial charge in [0.2, 0.25) is 0 Å². The first-order chi connectivity index (χ1) is 7.33. The van der Waals surface area contributed by atoms with Crippen LogP contribution in [-0.4, -0.2) is 17.7 Å². The van der Waals surface area contributed by atoms with Gasteiger partial charge in [0.05, 0.1) is 5.56 Å². The van der Waals surface area contributed by atoms with Crippen molar-refractivity contribution in [1.82, 2.24) is 0 Å². The summed E-state index contributed by atoms with van der Waals surface area (Å²) >= 11 is 0. The van der Waals surface area contributed by atoms with Crippen LogP contribution in [0, 0.1) is 0 Å². The van der Waals surface area contributed by atoms with E-state index >= 15 is 0 Å². The SMILES string of the molecule is O=C1O/C(=C/CCCO)c2ccccc21. The van der Waals surface area contributed by atoms with E-state index in [0.717, 1.165) is 5.56 Å². The average molecular weight is 204 g/mol. The lowest BCUT2D eigenvalue weighted by atomic mass is 10.1. The van der Waals surface area contributed by atoms with Crippen LogP contribution in [0.2, 0.25) is 0 Å². The van der Waals surface area contributed by atoms with Gasteiger partial charge in [-0.3, -0.25) is 0 Å². The highest BCUT2D eigenvalue weighted by molar-refractivity contribution is 6.02. The Morgan fingerprint density at radius 2 is 2.00 bits per heavy atom. The van der Waals surface area contributed by atoms with Gasteiger partial charge in [-0.25, -0.2) is 4.79 Å². The molecule has 0 fully saturated rings. The Hall–Kier alpha value is -1.61. The van der Waals surface area contributed by atoms with Crippen LogP contribution in [0.25, 0.3) is 5.76 Å². The van der Waals surface area contributed by atoms with Crippen LogP contribution in [-0.2, 0) is 4.74 Å². The fraction of sp³-hybridized carbons (Fsp3) is 0.250. The van der Waals surface area contributed by atoms with Crippen molar-refractivity contribution in [3.05, 3.63) is 41.5 Å². The number of esters is 1. The molecule has 15 heavy (non-hydrogen) atoms. The van der Waals surface area contributed by atoms with E-state index in [4.69, 9.17) is 9.84 Å². The molecule has 1 aromatic carbocycles. The minimum atomic E-state index is -0.291. The molecule has 0 bridgehead atoms. The zero-order chi connectivity index (χ0) is 10.7. The number of ether oxygens (including phenoxy) is 1. The van der Waals surface area contributed by atoms with Gasteiger partial charge in [-0.05, 0) is 25.0 Å². The molecule has 0 radical (unpaired) electrons. The summed E-state index contributed by atoms with van der Waals surface area (Å²) in [5.41, 5.74) is 1.47. The van der Waals surface area contributed by atoms with Gasteiger partial charge in [0.15, 0.2) is 0 Å². The lowest BCUT2D eigenvalue weighted by Gasteiger charge is -1.97. The number of unbranched alkanes of at least 4 members (excludes halogenated alkanes) is 1. The van der Waals surface area contributed by atoms with Crippen molar-refractivity contribution in [3.63, 3.8) is 0 Å². The predicted octanol–water partition coefficient (Wildman–Crippen LogP) is 1.97. The van der Waals surface area contributed by atoms with Crippen molar-refractivity contribution >= 4 is 11.7 Å². The second kappa shape index (κ2) is 4.28. The summed E-state index contributed by atoms with van der Waals surface area (Å²) in [7, 11) is 0. The third-order valence-corrected chi connectivity index (χ3v) is 2.31. The molecule has 78 valence electrons. The molecular formula is C12H12O3. The van der Waals surface area contributed by atoms with E-state index in [1.807, 2.05) is 24.3 Å². The molecule has 0 atom stereocenters. The highest BCUT2D eigenvalue weighted by atomic mass is 16.5. The molecule has 0 aliphatic carbocycles. The Morgan fingerprint density at radius 3 is 2.73 bits per heavy atom. The van der Waals surface area contributed by atoms with Crippen molar-refractivity contribution in [1.29, 1.82) is 0 Å². The van der Waals surface area contributed by atoms with Crippen LogP contribution >= 0.6 is 0 Å². The topological polar surface area (TPSA) is 46.5 Å². The molecule has 2 rings (SSSR count). The van der Waals surface area contributed by atoms with Crippen molar-refractivity contribution < 1.29 is 14.6 Å². The maximum atomic E-state index is 11.4. The summed E-state index contributed by atoms with van der Waals surface area (Å²) in [5, 5.41) is 8.65. The number of carbonyl (C=O) groups excluding carboxylic acids is 1. The number of benzene rings is 1. The molecule has 1 aromatic rings. The summed E-state index contributed by atoms with van der Waals surface area (Å²) in [4.78, 5) is 11.4. The molecule has 3 heteroatoms. The fourth-order valence-electron chi connectivity index (χ4n) is 1.56. The monoisotopic (exact) mass is 204 g/mol. The maximum absolute atomic E-state index is 11.4. The van der Waals surface area contributed by atoms with Crippen molar-refractivity contribution in [3.8, 4) is 0 Å². The second-order valence-electron chi connectivity index (χ2n) is 3.37. The standard InChI is InChI=1S/C12H12O3/c13-8-4-3-7-11-9-5-1-2-6-10(9)12(14)15-11/h1-2,5-7,13H,3-4,8H2/b11-7+. The lowest BCUT2D eigenvalue weighted by molar-refractivity contribution is 0.0715. The van der Waals surface area contributed by atoms with E-state index in [9.17, 15) is 4.79 Å². The minimum absolute atomic E-state index is 0.152. The molecule has 0 unspecified atom stereocenters. The molecule has 1 aliphatic rings.